The number of nitrogens with one attached hydrogen (secondary N) is 1. The SMILES string of the molecule is Cc1ccc(Cn2ncc3c2NC(=O)C[C@]32C(=O)N(C)c3ccccc32)cc1. The van der Waals surface area contributed by atoms with Crippen molar-refractivity contribution in [2.75, 3.05) is 17.3 Å². The minimum absolute atomic E-state index is 0.0836. The van der Waals surface area contributed by atoms with Crippen LogP contribution in [-0.4, -0.2) is 28.6 Å². The molecular formula is C22H20N4O2. The Morgan fingerprint density at radius 2 is 1.82 bits per heavy atom. The van der Waals surface area contributed by atoms with Crippen LogP contribution in [0.15, 0.2) is 54.7 Å². The van der Waals surface area contributed by atoms with Crippen LogP contribution in [0.2, 0.25) is 0 Å². The summed E-state index contributed by atoms with van der Waals surface area (Å²) in [5.74, 6) is 0.353. The van der Waals surface area contributed by atoms with Crippen molar-refractivity contribution in [2.24, 2.45) is 0 Å². The average molecular weight is 372 g/mol. The highest BCUT2D eigenvalue weighted by molar-refractivity contribution is 6.15. The molecule has 6 nitrogen and oxygen atoms in total. The molecule has 0 radical (unpaired) electrons. The largest absolute Gasteiger partial charge is 0.314 e. The highest BCUT2D eigenvalue weighted by atomic mass is 16.2. The minimum atomic E-state index is -1.01. The van der Waals surface area contributed by atoms with Crippen LogP contribution in [0.25, 0.3) is 0 Å². The number of hydrogen-bond acceptors (Lipinski definition) is 3. The molecule has 2 aliphatic rings. The zero-order valence-electron chi connectivity index (χ0n) is 15.8. The molecule has 3 aromatic rings. The van der Waals surface area contributed by atoms with E-state index in [1.807, 2.05) is 43.3 Å². The lowest BCUT2D eigenvalue weighted by Gasteiger charge is -2.32. The van der Waals surface area contributed by atoms with E-state index in [2.05, 4.69) is 22.5 Å². The van der Waals surface area contributed by atoms with Crippen LogP contribution in [0.1, 0.15) is 28.7 Å². The fourth-order valence-electron chi connectivity index (χ4n) is 4.40. The number of rotatable bonds is 2. The molecule has 0 aliphatic carbocycles. The zero-order valence-corrected chi connectivity index (χ0v) is 15.8. The number of amides is 2. The van der Waals surface area contributed by atoms with Crippen LogP contribution in [0, 0.1) is 6.92 Å². The fraction of sp³-hybridized carbons (Fsp3) is 0.227. The number of hydrogen-bond donors (Lipinski definition) is 1. The first kappa shape index (κ1) is 16.7. The number of aryl methyl sites for hydroxylation is 1. The maximum absolute atomic E-state index is 13.4. The Bertz CT molecular complexity index is 1120. The molecule has 1 atom stereocenters. The second kappa shape index (κ2) is 5.79. The maximum Gasteiger partial charge on any atom is 0.242 e. The van der Waals surface area contributed by atoms with Crippen molar-refractivity contribution in [3.63, 3.8) is 0 Å². The van der Waals surface area contributed by atoms with Gasteiger partial charge in [-0.25, -0.2) is 4.68 Å². The quantitative estimate of drug-likeness (QED) is 0.752. The van der Waals surface area contributed by atoms with E-state index in [-0.39, 0.29) is 18.2 Å². The summed E-state index contributed by atoms with van der Waals surface area (Å²) < 4.78 is 1.77. The van der Waals surface area contributed by atoms with Crippen LogP contribution < -0.4 is 10.2 Å². The van der Waals surface area contributed by atoms with E-state index in [9.17, 15) is 9.59 Å². The summed E-state index contributed by atoms with van der Waals surface area (Å²) in [6, 6.07) is 15.9. The van der Waals surface area contributed by atoms with Crippen molar-refractivity contribution >= 4 is 23.3 Å². The summed E-state index contributed by atoms with van der Waals surface area (Å²) in [5.41, 5.74) is 3.75. The van der Waals surface area contributed by atoms with Crippen LogP contribution in [0.4, 0.5) is 11.5 Å². The molecule has 2 aliphatic heterocycles. The van der Waals surface area contributed by atoms with Gasteiger partial charge < -0.3 is 10.2 Å². The normalized spacial score (nSPS) is 20.3. The predicted molar refractivity (Wildman–Crippen MR) is 106 cm³/mol. The zero-order chi connectivity index (χ0) is 19.5. The number of aromatic nitrogens is 2. The molecule has 2 amide bonds. The standard InChI is InChI=1S/C22H20N4O2/c1-14-7-9-15(10-8-14)13-26-20-17(12-23-26)22(11-19(27)24-20)16-5-3-4-6-18(16)25(2)21(22)28/h3-10,12H,11,13H2,1-2H3,(H,24,27)/t22-/m1/s1. The van der Waals surface area contributed by atoms with E-state index in [1.54, 1.807) is 22.8 Å². The van der Waals surface area contributed by atoms with E-state index >= 15 is 0 Å². The highest BCUT2D eigenvalue weighted by Gasteiger charge is 2.56. The van der Waals surface area contributed by atoms with Crippen molar-refractivity contribution in [3.8, 4) is 0 Å². The third-order valence-corrected chi connectivity index (χ3v) is 5.83. The van der Waals surface area contributed by atoms with E-state index in [0.29, 0.717) is 12.4 Å². The summed E-state index contributed by atoms with van der Waals surface area (Å²) >= 11 is 0. The monoisotopic (exact) mass is 372 g/mol. The van der Waals surface area contributed by atoms with Crippen LogP contribution in [0.5, 0.6) is 0 Å². The number of anilines is 2. The van der Waals surface area contributed by atoms with Gasteiger partial charge in [0.1, 0.15) is 11.2 Å². The maximum atomic E-state index is 13.4. The van der Waals surface area contributed by atoms with Crippen molar-refractivity contribution in [3.05, 3.63) is 77.0 Å². The number of para-hydroxylation sites is 1. The lowest BCUT2D eigenvalue weighted by atomic mass is 9.72. The molecule has 1 spiro atoms. The number of carbonyl (C=O) groups excluding carboxylic acids is 2. The van der Waals surface area contributed by atoms with Gasteiger partial charge in [0.2, 0.25) is 11.8 Å². The van der Waals surface area contributed by atoms with Gasteiger partial charge in [0.25, 0.3) is 0 Å². The topological polar surface area (TPSA) is 67.2 Å². The molecule has 1 N–H and O–H groups in total. The first-order valence-corrected chi connectivity index (χ1v) is 9.30. The second-order valence-electron chi connectivity index (χ2n) is 7.56. The van der Waals surface area contributed by atoms with Gasteiger partial charge in [0, 0.05) is 24.7 Å². The highest BCUT2D eigenvalue weighted by Crippen LogP contribution is 2.51. The summed E-state index contributed by atoms with van der Waals surface area (Å²) in [7, 11) is 1.76. The van der Waals surface area contributed by atoms with Gasteiger partial charge in [0.05, 0.1) is 12.7 Å². The van der Waals surface area contributed by atoms with E-state index in [4.69, 9.17) is 0 Å². The molecule has 6 heteroatoms. The van der Waals surface area contributed by atoms with E-state index in [0.717, 1.165) is 22.4 Å². The lowest BCUT2D eigenvalue weighted by molar-refractivity contribution is -0.126. The third-order valence-electron chi connectivity index (χ3n) is 5.83. The molecule has 140 valence electrons. The molecule has 1 aromatic heterocycles. The van der Waals surface area contributed by atoms with E-state index in [1.165, 1.54) is 5.56 Å². The fourth-order valence-corrected chi connectivity index (χ4v) is 4.40. The van der Waals surface area contributed by atoms with Gasteiger partial charge in [-0.1, -0.05) is 48.0 Å². The average Bonchev–Trinajstić information content (AvgIpc) is 3.18. The second-order valence-corrected chi connectivity index (χ2v) is 7.56. The third kappa shape index (κ3) is 2.17. The Kier molecular flexibility index (Phi) is 3.46. The molecule has 0 bridgehead atoms. The number of carbonyl (C=O) groups is 2. The first-order valence-electron chi connectivity index (χ1n) is 9.30. The van der Waals surface area contributed by atoms with Crippen molar-refractivity contribution in [2.45, 2.75) is 25.3 Å². The Morgan fingerprint density at radius 3 is 2.61 bits per heavy atom. The Morgan fingerprint density at radius 1 is 1.07 bits per heavy atom. The summed E-state index contributed by atoms with van der Waals surface area (Å²) in [5, 5.41) is 7.48. The summed E-state index contributed by atoms with van der Waals surface area (Å²) in [6.07, 6.45) is 1.83. The van der Waals surface area contributed by atoms with Gasteiger partial charge in [-0.15, -0.1) is 0 Å². The van der Waals surface area contributed by atoms with Crippen molar-refractivity contribution in [1.29, 1.82) is 0 Å². The first-order chi connectivity index (χ1) is 13.5. The van der Waals surface area contributed by atoms with Crippen LogP contribution in [-0.2, 0) is 21.5 Å². The van der Waals surface area contributed by atoms with Crippen molar-refractivity contribution in [1.82, 2.24) is 9.78 Å². The van der Waals surface area contributed by atoms with Crippen molar-refractivity contribution < 1.29 is 9.59 Å². The molecule has 0 saturated heterocycles. The summed E-state index contributed by atoms with van der Waals surface area (Å²) in [6.45, 7) is 2.57. The molecule has 2 aromatic carbocycles. The molecular weight excluding hydrogens is 352 g/mol. The molecule has 0 fully saturated rings. The Hall–Kier alpha value is -3.41. The summed E-state index contributed by atoms with van der Waals surface area (Å²) in [4.78, 5) is 27.7. The van der Waals surface area contributed by atoms with Gasteiger partial charge in [-0.05, 0) is 24.1 Å². The van der Waals surface area contributed by atoms with Gasteiger partial charge in [-0.2, -0.15) is 5.10 Å². The predicted octanol–water partition coefficient (Wildman–Crippen LogP) is 2.84. The minimum Gasteiger partial charge on any atom is -0.314 e. The number of likely N-dealkylation sites (N-methyl/N-ethyl adjacent to an activating group) is 1. The van der Waals surface area contributed by atoms with Gasteiger partial charge in [0.15, 0.2) is 0 Å². The smallest absolute Gasteiger partial charge is 0.242 e. The number of nitrogens with zero attached hydrogens (tertiary/aromatic N) is 3. The van der Waals surface area contributed by atoms with Crippen LogP contribution in [0.3, 0.4) is 0 Å². The Balaban J connectivity index is 1.66. The molecule has 28 heavy (non-hydrogen) atoms. The molecule has 5 rings (SSSR count). The Labute approximate surface area is 162 Å². The lowest BCUT2D eigenvalue weighted by Crippen LogP contribution is -2.45. The van der Waals surface area contributed by atoms with Gasteiger partial charge in [-0.3, -0.25) is 9.59 Å². The molecule has 0 saturated carbocycles. The van der Waals surface area contributed by atoms with E-state index < -0.39 is 5.41 Å². The molecule has 0 unspecified atom stereocenters. The molecule has 3 heterocycles. The number of benzene rings is 2. The van der Waals surface area contributed by atoms with Gasteiger partial charge >= 0.3 is 0 Å². The van der Waals surface area contributed by atoms with Crippen LogP contribution >= 0.6 is 0 Å². The number of fused-ring (bicyclic) bond motifs is 4.